The van der Waals surface area contributed by atoms with Gasteiger partial charge in [-0.05, 0) is 41.1 Å². The van der Waals surface area contributed by atoms with Gasteiger partial charge in [-0.25, -0.2) is 14.4 Å². The minimum atomic E-state index is -0.625. The zero-order valence-electron chi connectivity index (χ0n) is 10.5. The SMILES string of the molecule is CCNc1ncnc(Oc2ccc(C#N)cc2F)c1Br. The number of aromatic nitrogens is 2. The highest BCUT2D eigenvalue weighted by Crippen LogP contribution is 2.32. The van der Waals surface area contributed by atoms with Gasteiger partial charge in [0.15, 0.2) is 11.6 Å². The van der Waals surface area contributed by atoms with Crippen molar-refractivity contribution in [2.75, 3.05) is 11.9 Å². The molecule has 0 amide bonds. The van der Waals surface area contributed by atoms with Gasteiger partial charge in [0.05, 0.1) is 11.6 Å². The third-order valence-electron chi connectivity index (χ3n) is 2.37. The van der Waals surface area contributed by atoms with Crippen molar-refractivity contribution in [3.63, 3.8) is 0 Å². The van der Waals surface area contributed by atoms with Gasteiger partial charge in [-0.15, -0.1) is 0 Å². The zero-order valence-corrected chi connectivity index (χ0v) is 12.1. The van der Waals surface area contributed by atoms with Gasteiger partial charge >= 0.3 is 0 Å². The third-order valence-corrected chi connectivity index (χ3v) is 3.08. The Morgan fingerprint density at radius 2 is 2.25 bits per heavy atom. The summed E-state index contributed by atoms with van der Waals surface area (Å²) in [5, 5.41) is 11.7. The monoisotopic (exact) mass is 336 g/mol. The number of nitriles is 1. The molecule has 0 aliphatic rings. The standard InChI is InChI=1S/C13H10BrFN4O/c1-2-17-12-11(14)13(19-7-18-12)20-10-4-3-8(6-16)5-9(10)15/h3-5,7H,2H2,1H3,(H,17,18,19). The molecule has 0 aliphatic carbocycles. The molecule has 0 fully saturated rings. The fourth-order valence-electron chi connectivity index (χ4n) is 1.47. The Labute approximate surface area is 123 Å². The Hall–Kier alpha value is -2.20. The first-order valence-corrected chi connectivity index (χ1v) is 6.57. The molecule has 1 aromatic heterocycles. The van der Waals surface area contributed by atoms with Gasteiger partial charge in [0.25, 0.3) is 0 Å². The van der Waals surface area contributed by atoms with Crippen LogP contribution in [0.15, 0.2) is 29.0 Å². The topological polar surface area (TPSA) is 70.8 Å². The second kappa shape index (κ2) is 6.30. The molecule has 2 aromatic rings. The number of hydrogen-bond acceptors (Lipinski definition) is 5. The molecular formula is C13H10BrFN4O. The molecule has 0 spiro atoms. The van der Waals surface area contributed by atoms with Crippen LogP contribution < -0.4 is 10.1 Å². The Balaban J connectivity index is 2.31. The highest BCUT2D eigenvalue weighted by molar-refractivity contribution is 9.10. The van der Waals surface area contributed by atoms with E-state index in [9.17, 15) is 4.39 Å². The molecule has 0 atom stereocenters. The zero-order chi connectivity index (χ0) is 14.5. The summed E-state index contributed by atoms with van der Waals surface area (Å²) in [4.78, 5) is 7.98. The maximum atomic E-state index is 13.8. The summed E-state index contributed by atoms with van der Waals surface area (Å²) in [6, 6.07) is 5.82. The second-order valence-corrected chi connectivity index (χ2v) is 4.52. The fraction of sp³-hybridized carbons (Fsp3) is 0.154. The number of anilines is 1. The van der Waals surface area contributed by atoms with Crippen LogP contribution >= 0.6 is 15.9 Å². The van der Waals surface area contributed by atoms with Gasteiger partial charge in [0, 0.05) is 6.54 Å². The highest BCUT2D eigenvalue weighted by atomic mass is 79.9. The molecule has 2 rings (SSSR count). The minimum Gasteiger partial charge on any atom is -0.435 e. The summed E-state index contributed by atoms with van der Waals surface area (Å²) < 4.78 is 19.7. The molecular weight excluding hydrogens is 327 g/mol. The van der Waals surface area contributed by atoms with Gasteiger partial charge in [0.1, 0.15) is 16.6 Å². The largest absolute Gasteiger partial charge is 0.435 e. The van der Waals surface area contributed by atoms with Gasteiger partial charge in [0.2, 0.25) is 5.88 Å². The van der Waals surface area contributed by atoms with E-state index in [4.69, 9.17) is 10.00 Å². The Bertz CT molecular complexity index is 672. The van der Waals surface area contributed by atoms with Crippen LogP contribution in [0.1, 0.15) is 12.5 Å². The maximum absolute atomic E-state index is 13.8. The van der Waals surface area contributed by atoms with Crippen LogP contribution in [0.25, 0.3) is 0 Å². The normalized spacial score (nSPS) is 9.90. The molecule has 0 aliphatic heterocycles. The first-order valence-electron chi connectivity index (χ1n) is 5.77. The van der Waals surface area contributed by atoms with Crippen molar-refractivity contribution in [2.45, 2.75) is 6.92 Å². The predicted molar refractivity (Wildman–Crippen MR) is 75.1 cm³/mol. The lowest BCUT2D eigenvalue weighted by atomic mass is 10.2. The summed E-state index contributed by atoms with van der Waals surface area (Å²) in [5.74, 6) is 0.122. The van der Waals surface area contributed by atoms with Gasteiger partial charge < -0.3 is 10.1 Å². The number of benzene rings is 1. The van der Waals surface area contributed by atoms with Crippen LogP contribution in [0.2, 0.25) is 0 Å². The molecule has 1 aromatic carbocycles. The van der Waals surface area contributed by atoms with E-state index in [1.54, 1.807) is 0 Å². The highest BCUT2D eigenvalue weighted by Gasteiger charge is 2.13. The summed E-state index contributed by atoms with van der Waals surface area (Å²) >= 11 is 3.31. The first kappa shape index (κ1) is 14.2. The lowest BCUT2D eigenvalue weighted by Gasteiger charge is -2.10. The lowest BCUT2D eigenvalue weighted by Crippen LogP contribution is -2.02. The van der Waals surface area contributed by atoms with Crippen LogP contribution in [-0.4, -0.2) is 16.5 Å². The molecule has 20 heavy (non-hydrogen) atoms. The smallest absolute Gasteiger partial charge is 0.239 e. The quantitative estimate of drug-likeness (QED) is 0.925. The van der Waals surface area contributed by atoms with E-state index in [0.717, 1.165) is 6.07 Å². The Kier molecular flexibility index (Phi) is 4.48. The summed E-state index contributed by atoms with van der Waals surface area (Å²) in [7, 11) is 0. The number of nitrogens with one attached hydrogen (secondary N) is 1. The molecule has 1 N–H and O–H groups in total. The fourth-order valence-corrected chi connectivity index (χ4v) is 1.90. The second-order valence-electron chi connectivity index (χ2n) is 3.73. The van der Waals surface area contributed by atoms with E-state index in [-0.39, 0.29) is 17.2 Å². The van der Waals surface area contributed by atoms with Crippen molar-refractivity contribution in [2.24, 2.45) is 0 Å². The van der Waals surface area contributed by atoms with Crippen LogP contribution in [0, 0.1) is 17.1 Å². The van der Waals surface area contributed by atoms with E-state index in [1.807, 2.05) is 13.0 Å². The molecule has 0 saturated heterocycles. The summed E-state index contributed by atoms with van der Waals surface area (Å²) in [6.45, 7) is 2.61. The number of halogens is 2. The van der Waals surface area contributed by atoms with Crippen molar-refractivity contribution < 1.29 is 9.13 Å². The number of rotatable bonds is 4. The first-order chi connectivity index (χ1) is 9.65. The number of ether oxygens (including phenoxy) is 1. The van der Waals surface area contributed by atoms with E-state index in [0.29, 0.717) is 16.8 Å². The van der Waals surface area contributed by atoms with E-state index >= 15 is 0 Å². The van der Waals surface area contributed by atoms with Crippen molar-refractivity contribution in [3.05, 3.63) is 40.4 Å². The summed E-state index contributed by atoms with van der Waals surface area (Å²) in [5.41, 5.74) is 0.227. The third kappa shape index (κ3) is 3.03. The average Bonchev–Trinajstić information content (AvgIpc) is 2.45. The molecule has 0 saturated carbocycles. The van der Waals surface area contributed by atoms with E-state index in [1.165, 1.54) is 18.5 Å². The van der Waals surface area contributed by atoms with Crippen LogP contribution in [-0.2, 0) is 0 Å². The number of nitrogens with zero attached hydrogens (tertiary/aromatic N) is 3. The molecule has 0 bridgehead atoms. The Morgan fingerprint density at radius 1 is 1.45 bits per heavy atom. The molecule has 5 nitrogen and oxygen atoms in total. The van der Waals surface area contributed by atoms with Gasteiger partial charge in [-0.2, -0.15) is 5.26 Å². The molecule has 7 heteroatoms. The van der Waals surface area contributed by atoms with E-state index < -0.39 is 5.82 Å². The Morgan fingerprint density at radius 3 is 2.90 bits per heavy atom. The summed E-state index contributed by atoms with van der Waals surface area (Å²) in [6.07, 6.45) is 1.32. The van der Waals surface area contributed by atoms with Crippen molar-refractivity contribution >= 4 is 21.7 Å². The molecule has 0 unspecified atom stereocenters. The molecule has 102 valence electrons. The number of hydrogen-bond donors (Lipinski definition) is 1. The van der Waals surface area contributed by atoms with Crippen LogP contribution in [0.5, 0.6) is 11.6 Å². The van der Waals surface area contributed by atoms with Crippen molar-refractivity contribution in [1.29, 1.82) is 5.26 Å². The predicted octanol–water partition coefficient (Wildman–Crippen LogP) is 3.47. The van der Waals surface area contributed by atoms with Crippen molar-refractivity contribution in [3.8, 4) is 17.7 Å². The van der Waals surface area contributed by atoms with Crippen LogP contribution in [0.4, 0.5) is 10.2 Å². The van der Waals surface area contributed by atoms with E-state index in [2.05, 4.69) is 31.2 Å². The van der Waals surface area contributed by atoms with Crippen molar-refractivity contribution in [1.82, 2.24) is 9.97 Å². The van der Waals surface area contributed by atoms with Gasteiger partial charge in [-0.1, -0.05) is 0 Å². The average molecular weight is 337 g/mol. The maximum Gasteiger partial charge on any atom is 0.239 e. The molecule has 1 heterocycles. The van der Waals surface area contributed by atoms with Crippen LogP contribution in [0.3, 0.4) is 0 Å². The van der Waals surface area contributed by atoms with Gasteiger partial charge in [-0.3, -0.25) is 0 Å². The minimum absolute atomic E-state index is 0.00847. The molecule has 0 radical (unpaired) electrons. The lowest BCUT2D eigenvalue weighted by molar-refractivity contribution is 0.424.